The van der Waals surface area contributed by atoms with Crippen LogP contribution < -0.4 is 19.6 Å². The highest BCUT2D eigenvalue weighted by Gasteiger charge is 2.52. The minimum absolute atomic E-state index is 0.0266. The standard InChI is InChI=1S/C30H22N4S4/c1-2-10-22-21(9-1)31(25-13-5-17-35-25)29(32(22)26-14-6-18-36-26)30-33(27-15-7-19-37-27)23-11-3-4-12-24(23)34(30)28-16-8-20-38-28/h1-20,29-30H. The Bertz CT molecular complexity index is 1410. The molecular weight excluding hydrogens is 545 g/mol. The van der Waals surface area contributed by atoms with Crippen molar-refractivity contribution in [1.29, 1.82) is 0 Å². The highest BCUT2D eigenvalue weighted by Crippen LogP contribution is 2.57. The van der Waals surface area contributed by atoms with Gasteiger partial charge in [0.2, 0.25) is 0 Å². The molecule has 0 saturated carbocycles. The van der Waals surface area contributed by atoms with Crippen LogP contribution in [0.15, 0.2) is 119 Å². The van der Waals surface area contributed by atoms with Crippen molar-refractivity contribution in [1.82, 2.24) is 0 Å². The summed E-state index contributed by atoms with van der Waals surface area (Å²) in [6, 6.07) is 35.3. The molecule has 0 spiro atoms. The lowest BCUT2D eigenvalue weighted by molar-refractivity contribution is 0.556. The number of thiophene rings is 4. The first-order valence-corrected chi connectivity index (χ1v) is 15.9. The van der Waals surface area contributed by atoms with Gasteiger partial charge in [0.15, 0.2) is 12.3 Å². The molecule has 0 fully saturated rings. The Hall–Kier alpha value is -3.56. The number of rotatable bonds is 5. The zero-order chi connectivity index (χ0) is 25.1. The second kappa shape index (κ2) is 9.03. The van der Waals surface area contributed by atoms with E-state index in [0.29, 0.717) is 0 Å². The summed E-state index contributed by atoms with van der Waals surface area (Å²) in [5.74, 6) is 0. The molecule has 8 heteroatoms. The van der Waals surface area contributed by atoms with Gasteiger partial charge in [-0.25, -0.2) is 0 Å². The maximum atomic E-state index is 2.55. The maximum Gasteiger partial charge on any atom is 0.152 e. The van der Waals surface area contributed by atoms with E-state index < -0.39 is 0 Å². The Balaban J connectivity index is 1.42. The number of para-hydroxylation sites is 4. The largest absolute Gasteiger partial charge is 0.306 e. The van der Waals surface area contributed by atoms with Gasteiger partial charge in [0, 0.05) is 0 Å². The molecule has 4 aromatic heterocycles. The molecule has 0 N–H and O–H groups in total. The molecule has 0 bridgehead atoms. The van der Waals surface area contributed by atoms with Gasteiger partial charge in [-0.3, -0.25) is 0 Å². The maximum absolute atomic E-state index is 2.55. The van der Waals surface area contributed by atoms with Crippen molar-refractivity contribution in [3.8, 4) is 0 Å². The van der Waals surface area contributed by atoms with E-state index in [2.05, 4.69) is 138 Å². The van der Waals surface area contributed by atoms with Crippen molar-refractivity contribution >= 4 is 88.1 Å². The average Bonchev–Trinajstić information content (AvgIpc) is 3.78. The van der Waals surface area contributed by atoms with Crippen molar-refractivity contribution in [2.75, 3.05) is 19.6 Å². The summed E-state index contributed by atoms with van der Waals surface area (Å²) in [5.41, 5.74) is 4.95. The Morgan fingerprint density at radius 1 is 0.342 bits per heavy atom. The lowest BCUT2D eigenvalue weighted by Crippen LogP contribution is -2.57. The van der Waals surface area contributed by atoms with Gasteiger partial charge in [0.1, 0.15) is 0 Å². The predicted molar refractivity (Wildman–Crippen MR) is 166 cm³/mol. The molecule has 0 aliphatic carbocycles. The van der Waals surface area contributed by atoms with Gasteiger partial charge < -0.3 is 19.6 Å². The normalized spacial score (nSPS) is 15.5. The Kier molecular flexibility index (Phi) is 5.33. The number of nitrogens with zero attached hydrogens (tertiary/aromatic N) is 4. The molecule has 6 aromatic rings. The van der Waals surface area contributed by atoms with Gasteiger partial charge in [-0.15, -0.1) is 45.3 Å². The third-order valence-electron chi connectivity index (χ3n) is 7.10. The molecule has 2 aliphatic heterocycles. The van der Waals surface area contributed by atoms with Crippen LogP contribution >= 0.6 is 45.3 Å². The fraction of sp³-hybridized carbons (Fsp3) is 0.0667. The zero-order valence-electron chi connectivity index (χ0n) is 20.1. The van der Waals surface area contributed by atoms with Crippen LogP contribution in [0.4, 0.5) is 42.8 Å². The van der Waals surface area contributed by atoms with Crippen molar-refractivity contribution < 1.29 is 0 Å². The van der Waals surface area contributed by atoms with Crippen LogP contribution in [0.25, 0.3) is 0 Å². The minimum atomic E-state index is -0.0266. The summed E-state index contributed by atoms with van der Waals surface area (Å²) >= 11 is 7.19. The molecule has 0 unspecified atom stereocenters. The predicted octanol–water partition coefficient (Wildman–Crippen LogP) is 9.86. The van der Waals surface area contributed by atoms with Crippen LogP contribution in [-0.4, -0.2) is 12.3 Å². The number of hydrogen-bond donors (Lipinski definition) is 0. The van der Waals surface area contributed by atoms with E-state index in [1.54, 1.807) is 45.3 Å². The van der Waals surface area contributed by atoms with Crippen LogP contribution in [0.5, 0.6) is 0 Å². The molecule has 0 atom stereocenters. The average molecular weight is 567 g/mol. The van der Waals surface area contributed by atoms with Crippen LogP contribution in [0, 0.1) is 0 Å². The molecule has 186 valence electrons. The van der Waals surface area contributed by atoms with Gasteiger partial charge in [-0.1, -0.05) is 24.3 Å². The number of hydrogen-bond acceptors (Lipinski definition) is 8. The third kappa shape index (κ3) is 3.31. The van der Waals surface area contributed by atoms with Crippen molar-refractivity contribution in [3.05, 3.63) is 119 Å². The molecule has 0 saturated heterocycles. The van der Waals surface area contributed by atoms with Crippen molar-refractivity contribution in [2.24, 2.45) is 0 Å². The first-order chi connectivity index (χ1) is 18.9. The summed E-state index contributed by atoms with van der Waals surface area (Å²) in [5, 5.41) is 13.7. The molecule has 2 aliphatic rings. The lowest BCUT2D eigenvalue weighted by Gasteiger charge is -2.43. The lowest BCUT2D eigenvalue weighted by atomic mass is 10.2. The van der Waals surface area contributed by atoms with E-state index in [1.807, 2.05) is 0 Å². The van der Waals surface area contributed by atoms with Crippen molar-refractivity contribution in [2.45, 2.75) is 12.3 Å². The van der Waals surface area contributed by atoms with Gasteiger partial charge in [0.25, 0.3) is 0 Å². The second-order valence-electron chi connectivity index (χ2n) is 9.09. The zero-order valence-corrected chi connectivity index (χ0v) is 23.4. The fourth-order valence-electron chi connectivity index (χ4n) is 5.70. The van der Waals surface area contributed by atoms with Gasteiger partial charge in [0.05, 0.1) is 42.8 Å². The van der Waals surface area contributed by atoms with Gasteiger partial charge in [-0.05, 0) is 94.3 Å². The Morgan fingerprint density at radius 2 is 0.605 bits per heavy atom. The third-order valence-corrected chi connectivity index (χ3v) is 10.6. The number of benzene rings is 2. The van der Waals surface area contributed by atoms with E-state index in [0.717, 1.165) is 0 Å². The van der Waals surface area contributed by atoms with Crippen LogP contribution in [0.3, 0.4) is 0 Å². The highest BCUT2D eigenvalue weighted by atomic mass is 32.1. The SMILES string of the molecule is c1csc(N2c3ccccc3N(c3cccs3)C2C2N(c3cccs3)c3ccccc3N2c2cccs2)c1. The van der Waals surface area contributed by atoms with E-state index in [4.69, 9.17) is 0 Å². The Labute approximate surface area is 237 Å². The highest BCUT2D eigenvalue weighted by molar-refractivity contribution is 7.15. The summed E-state index contributed by atoms with van der Waals surface area (Å²) in [6.45, 7) is 0. The topological polar surface area (TPSA) is 13.0 Å². The molecule has 4 nitrogen and oxygen atoms in total. The first kappa shape index (κ1) is 22.4. The van der Waals surface area contributed by atoms with Crippen molar-refractivity contribution in [3.63, 3.8) is 0 Å². The summed E-state index contributed by atoms with van der Waals surface area (Å²) < 4.78 is 0. The van der Waals surface area contributed by atoms with Crippen LogP contribution in [-0.2, 0) is 0 Å². The number of anilines is 8. The summed E-state index contributed by atoms with van der Waals surface area (Å²) in [4.78, 5) is 10.2. The van der Waals surface area contributed by atoms with E-state index in [-0.39, 0.29) is 12.3 Å². The van der Waals surface area contributed by atoms with E-state index in [1.165, 1.54) is 42.8 Å². The quantitative estimate of drug-likeness (QED) is 0.206. The minimum Gasteiger partial charge on any atom is -0.306 e. The molecule has 0 amide bonds. The smallest absolute Gasteiger partial charge is 0.152 e. The molecule has 38 heavy (non-hydrogen) atoms. The molecule has 6 heterocycles. The summed E-state index contributed by atoms with van der Waals surface area (Å²) in [6.07, 6.45) is -0.0531. The first-order valence-electron chi connectivity index (χ1n) is 12.4. The van der Waals surface area contributed by atoms with Gasteiger partial charge in [-0.2, -0.15) is 0 Å². The monoisotopic (exact) mass is 566 g/mol. The summed E-state index contributed by atoms with van der Waals surface area (Å²) in [7, 11) is 0. The number of fused-ring (bicyclic) bond motifs is 2. The molecular formula is C30H22N4S4. The fourth-order valence-corrected chi connectivity index (χ4v) is 8.80. The molecule has 2 aromatic carbocycles. The Morgan fingerprint density at radius 3 is 0.816 bits per heavy atom. The van der Waals surface area contributed by atoms with E-state index >= 15 is 0 Å². The van der Waals surface area contributed by atoms with Crippen LogP contribution in [0.2, 0.25) is 0 Å². The second-order valence-corrected chi connectivity index (χ2v) is 12.8. The molecule has 8 rings (SSSR count). The van der Waals surface area contributed by atoms with Crippen LogP contribution in [0.1, 0.15) is 0 Å². The van der Waals surface area contributed by atoms with Gasteiger partial charge >= 0.3 is 0 Å². The van der Waals surface area contributed by atoms with E-state index in [9.17, 15) is 0 Å². The molecule has 0 radical (unpaired) electrons.